The number of hydrogen-bond donors (Lipinski definition) is 4. The van der Waals surface area contributed by atoms with Crippen molar-refractivity contribution in [3.8, 4) is 0 Å². The zero-order valence-corrected chi connectivity index (χ0v) is 22.1. The fourth-order valence-corrected chi connectivity index (χ4v) is 6.05. The predicted molar refractivity (Wildman–Crippen MR) is 146 cm³/mol. The lowest BCUT2D eigenvalue weighted by Gasteiger charge is -2.16. The van der Waals surface area contributed by atoms with Crippen molar-refractivity contribution in [3.05, 3.63) is 99.0 Å². The number of sulfonamides is 1. The number of benzene rings is 3. The van der Waals surface area contributed by atoms with E-state index in [9.17, 15) is 18.0 Å². The molecule has 4 rings (SSSR count). The molecule has 3 amide bonds. The van der Waals surface area contributed by atoms with Crippen molar-refractivity contribution in [2.45, 2.75) is 24.6 Å². The maximum atomic E-state index is 12.8. The highest BCUT2D eigenvalue weighted by Crippen LogP contribution is 2.33. The molecule has 0 radical (unpaired) electrons. The lowest BCUT2D eigenvalue weighted by Crippen LogP contribution is -2.41. The van der Waals surface area contributed by atoms with Crippen LogP contribution in [0.4, 0.5) is 10.5 Å². The van der Waals surface area contributed by atoms with Gasteiger partial charge in [0, 0.05) is 13.1 Å². The lowest BCUT2D eigenvalue weighted by molar-refractivity contribution is 0.0954. The normalized spacial score (nSPS) is 14.5. The summed E-state index contributed by atoms with van der Waals surface area (Å²) < 4.78 is 27.6. The zero-order valence-electron chi connectivity index (χ0n) is 19.8. The number of halogens is 2. The largest absolute Gasteiger partial charge is 0.350 e. The summed E-state index contributed by atoms with van der Waals surface area (Å²) in [5.74, 6) is -0.847. The number of aryl methyl sites for hydroxylation is 1. The smallest absolute Gasteiger partial charge is 0.315 e. The summed E-state index contributed by atoms with van der Waals surface area (Å²) >= 11 is 12.6. The van der Waals surface area contributed by atoms with Gasteiger partial charge in [-0.25, -0.2) is 13.2 Å². The average Bonchev–Trinajstić information content (AvgIpc) is 3.27. The maximum absolute atomic E-state index is 12.8. The minimum atomic E-state index is -3.79. The molecular weight excluding hydrogens is 535 g/mol. The van der Waals surface area contributed by atoms with Gasteiger partial charge in [-0.05, 0) is 41.7 Å². The molecule has 0 aliphatic heterocycles. The number of hydrogen-bond acceptors (Lipinski definition) is 4. The van der Waals surface area contributed by atoms with Gasteiger partial charge < -0.3 is 16.0 Å². The molecule has 0 saturated heterocycles. The molecule has 0 heterocycles. The summed E-state index contributed by atoms with van der Waals surface area (Å²) in [6.45, 7) is 0.286. The van der Waals surface area contributed by atoms with Crippen LogP contribution < -0.4 is 20.7 Å². The van der Waals surface area contributed by atoms with Crippen LogP contribution in [-0.2, 0) is 22.2 Å². The summed E-state index contributed by atoms with van der Waals surface area (Å²) in [6.07, 6.45) is 1.76. The highest BCUT2D eigenvalue weighted by Gasteiger charge is 2.24. The Morgan fingerprint density at radius 2 is 1.59 bits per heavy atom. The topological polar surface area (TPSA) is 116 Å². The van der Waals surface area contributed by atoms with E-state index < -0.39 is 15.9 Å². The van der Waals surface area contributed by atoms with Gasteiger partial charge in [0.2, 0.25) is 10.0 Å². The molecule has 0 saturated carbocycles. The number of anilines is 1. The Kier molecular flexibility index (Phi) is 8.58. The Morgan fingerprint density at radius 3 is 2.38 bits per heavy atom. The molecule has 4 N–H and O–H groups in total. The summed E-state index contributed by atoms with van der Waals surface area (Å²) in [4.78, 5) is 25.1. The molecule has 0 aromatic heterocycles. The number of carbonyl (C=O) groups is 2. The standard InChI is InChI=1S/C26H26Cl2N4O4S/c27-20-11-13-22(32-37(35,36)16-17-6-2-1-3-7-17)24(28)23(20)25(33)29-14-15-30-26(34)31-21-12-10-18-8-4-5-9-19(18)21/h1-9,11,13,21,32H,10,12,14-16H2,(H,29,33)(H2,30,31,34)/t21-/m1/s1. The molecule has 194 valence electrons. The van der Waals surface area contributed by atoms with E-state index in [-0.39, 0.29) is 52.2 Å². The van der Waals surface area contributed by atoms with Crippen molar-refractivity contribution in [2.24, 2.45) is 0 Å². The first-order valence-electron chi connectivity index (χ1n) is 11.7. The Morgan fingerprint density at radius 1 is 0.892 bits per heavy atom. The van der Waals surface area contributed by atoms with Crippen LogP contribution in [0, 0.1) is 0 Å². The first-order chi connectivity index (χ1) is 17.7. The number of amides is 3. The third-order valence-electron chi connectivity index (χ3n) is 5.92. The number of nitrogens with one attached hydrogen (secondary N) is 4. The van der Waals surface area contributed by atoms with Crippen LogP contribution in [-0.4, -0.2) is 33.4 Å². The van der Waals surface area contributed by atoms with Crippen molar-refractivity contribution in [1.82, 2.24) is 16.0 Å². The van der Waals surface area contributed by atoms with Gasteiger partial charge in [0.25, 0.3) is 5.91 Å². The Labute approximate surface area is 225 Å². The quantitative estimate of drug-likeness (QED) is 0.285. The van der Waals surface area contributed by atoms with Crippen molar-refractivity contribution in [2.75, 3.05) is 17.8 Å². The summed E-state index contributed by atoms with van der Waals surface area (Å²) in [7, 11) is -3.79. The fraction of sp³-hybridized carbons (Fsp3) is 0.231. The second-order valence-electron chi connectivity index (χ2n) is 8.58. The van der Waals surface area contributed by atoms with Crippen molar-refractivity contribution in [1.29, 1.82) is 0 Å². The van der Waals surface area contributed by atoms with Crippen LogP contribution in [0.5, 0.6) is 0 Å². The van der Waals surface area contributed by atoms with Gasteiger partial charge in [0.05, 0.1) is 33.1 Å². The second-order valence-corrected chi connectivity index (χ2v) is 11.1. The molecule has 1 aliphatic rings. The molecule has 0 bridgehead atoms. The van der Waals surface area contributed by atoms with Crippen LogP contribution in [0.15, 0.2) is 66.7 Å². The van der Waals surface area contributed by atoms with E-state index in [2.05, 4.69) is 26.7 Å². The van der Waals surface area contributed by atoms with Gasteiger partial charge in [0.1, 0.15) is 0 Å². The van der Waals surface area contributed by atoms with Crippen molar-refractivity contribution >= 4 is 50.9 Å². The highest BCUT2D eigenvalue weighted by molar-refractivity contribution is 7.91. The molecule has 1 aliphatic carbocycles. The van der Waals surface area contributed by atoms with Gasteiger partial charge in [-0.2, -0.15) is 0 Å². The van der Waals surface area contributed by atoms with Gasteiger partial charge in [-0.15, -0.1) is 0 Å². The number of carbonyl (C=O) groups excluding carboxylic acids is 2. The molecule has 11 heteroatoms. The van der Waals surface area contributed by atoms with Gasteiger partial charge in [-0.1, -0.05) is 77.8 Å². The van der Waals surface area contributed by atoms with Crippen LogP contribution in [0.1, 0.15) is 39.5 Å². The fourth-order valence-electron chi connectivity index (χ4n) is 4.19. The Hall–Kier alpha value is -3.27. The van der Waals surface area contributed by atoms with E-state index in [0.29, 0.717) is 5.56 Å². The minimum Gasteiger partial charge on any atom is -0.350 e. The van der Waals surface area contributed by atoms with E-state index in [4.69, 9.17) is 23.2 Å². The summed E-state index contributed by atoms with van der Waals surface area (Å²) in [5.41, 5.74) is 2.94. The monoisotopic (exact) mass is 560 g/mol. The molecule has 1 atom stereocenters. The third-order valence-corrected chi connectivity index (χ3v) is 7.87. The number of urea groups is 1. The SMILES string of the molecule is O=C(NCCNC(=O)c1c(Cl)ccc(NS(=O)(=O)Cc2ccccc2)c1Cl)N[C@@H]1CCc2ccccc21. The van der Waals surface area contributed by atoms with Crippen molar-refractivity contribution < 1.29 is 18.0 Å². The Balaban J connectivity index is 1.30. The van der Waals surface area contributed by atoms with E-state index in [0.717, 1.165) is 18.4 Å². The van der Waals surface area contributed by atoms with Crippen LogP contribution in [0.25, 0.3) is 0 Å². The molecule has 8 nitrogen and oxygen atoms in total. The van der Waals surface area contributed by atoms with Gasteiger partial charge in [-0.3, -0.25) is 9.52 Å². The molecule has 0 spiro atoms. The molecule has 3 aromatic carbocycles. The van der Waals surface area contributed by atoms with Crippen LogP contribution in [0.3, 0.4) is 0 Å². The Bertz CT molecular complexity index is 1400. The number of rotatable bonds is 9. The van der Waals surface area contributed by atoms with E-state index in [1.807, 2.05) is 18.2 Å². The van der Waals surface area contributed by atoms with E-state index in [1.54, 1.807) is 30.3 Å². The second kappa shape index (κ2) is 11.9. The summed E-state index contributed by atoms with van der Waals surface area (Å²) in [5, 5.41) is 8.27. The molecular formula is C26H26Cl2N4O4S. The van der Waals surface area contributed by atoms with E-state index in [1.165, 1.54) is 17.7 Å². The van der Waals surface area contributed by atoms with Crippen molar-refractivity contribution in [3.63, 3.8) is 0 Å². The minimum absolute atomic E-state index is 0.0431. The molecule has 3 aromatic rings. The van der Waals surface area contributed by atoms with Gasteiger partial charge in [0.15, 0.2) is 0 Å². The first-order valence-corrected chi connectivity index (χ1v) is 14.1. The van der Waals surface area contributed by atoms with E-state index >= 15 is 0 Å². The molecule has 37 heavy (non-hydrogen) atoms. The summed E-state index contributed by atoms with van der Waals surface area (Å²) in [6, 6.07) is 19.1. The highest BCUT2D eigenvalue weighted by atomic mass is 35.5. The van der Waals surface area contributed by atoms with Crippen LogP contribution in [0.2, 0.25) is 10.0 Å². The predicted octanol–water partition coefficient (Wildman–Crippen LogP) is 4.65. The zero-order chi connectivity index (χ0) is 26.4. The molecule has 0 unspecified atom stereocenters. The maximum Gasteiger partial charge on any atom is 0.315 e. The third kappa shape index (κ3) is 6.94. The van der Waals surface area contributed by atoms with Gasteiger partial charge >= 0.3 is 6.03 Å². The first kappa shape index (κ1) is 26.8. The lowest BCUT2D eigenvalue weighted by atomic mass is 10.1. The molecule has 0 fully saturated rings. The average molecular weight is 561 g/mol. The van der Waals surface area contributed by atoms with Crippen LogP contribution >= 0.6 is 23.2 Å². The number of fused-ring (bicyclic) bond motifs is 1.